The summed E-state index contributed by atoms with van der Waals surface area (Å²) in [6.07, 6.45) is 0. The average molecular weight is 242 g/mol. The standard InChI is InChI=1S/C10H14N2O3S/c1-8(13)12-9-3-5-10(6-4-9)16(14,15)7-11-2/h3-6,11H,7H2,1-2H3,(H,12,13). The summed E-state index contributed by atoms with van der Waals surface area (Å²) in [7, 11) is -1.71. The Morgan fingerprint density at radius 2 is 1.81 bits per heavy atom. The van der Waals surface area contributed by atoms with Gasteiger partial charge in [0, 0.05) is 12.6 Å². The van der Waals surface area contributed by atoms with Gasteiger partial charge in [-0.15, -0.1) is 0 Å². The molecule has 0 saturated heterocycles. The first kappa shape index (κ1) is 12.7. The number of rotatable bonds is 4. The fraction of sp³-hybridized carbons (Fsp3) is 0.300. The number of sulfone groups is 1. The van der Waals surface area contributed by atoms with E-state index in [1.807, 2.05) is 0 Å². The van der Waals surface area contributed by atoms with Crippen LogP contribution in [0.25, 0.3) is 0 Å². The molecule has 2 N–H and O–H groups in total. The van der Waals surface area contributed by atoms with E-state index in [0.717, 1.165) is 0 Å². The molecule has 0 unspecified atom stereocenters. The van der Waals surface area contributed by atoms with Gasteiger partial charge in [-0.2, -0.15) is 0 Å². The van der Waals surface area contributed by atoms with Crippen molar-refractivity contribution in [2.24, 2.45) is 0 Å². The summed E-state index contributed by atoms with van der Waals surface area (Å²) in [5, 5.41) is 5.16. The van der Waals surface area contributed by atoms with E-state index in [2.05, 4.69) is 10.6 Å². The Hall–Kier alpha value is -1.40. The molecule has 0 bridgehead atoms. The Bertz CT molecular complexity index is 465. The summed E-state index contributed by atoms with van der Waals surface area (Å²) in [5.74, 6) is -0.294. The van der Waals surface area contributed by atoms with Gasteiger partial charge < -0.3 is 10.6 Å². The third kappa shape index (κ3) is 3.32. The third-order valence-corrected chi connectivity index (χ3v) is 3.53. The van der Waals surface area contributed by atoms with Crippen molar-refractivity contribution in [2.45, 2.75) is 11.8 Å². The van der Waals surface area contributed by atoms with Crippen LogP contribution in [0.1, 0.15) is 6.92 Å². The van der Waals surface area contributed by atoms with Crippen molar-refractivity contribution >= 4 is 21.4 Å². The molecule has 16 heavy (non-hydrogen) atoms. The summed E-state index contributed by atoms with van der Waals surface area (Å²) >= 11 is 0. The van der Waals surface area contributed by atoms with Crippen molar-refractivity contribution in [2.75, 3.05) is 18.2 Å². The zero-order valence-corrected chi connectivity index (χ0v) is 9.97. The van der Waals surface area contributed by atoms with E-state index in [-0.39, 0.29) is 16.7 Å². The van der Waals surface area contributed by atoms with Gasteiger partial charge in [0.15, 0.2) is 9.84 Å². The minimum Gasteiger partial charge on any atom is -0.326 e. The fourth-order valence-corrected chi connectivity index (χ4v) is 2.32. The maximum atomic E-state index is 11.6. The van der Waals surface area contributed by atoms with Gasteiger partial charge in [0.05, 0.1) is 4.90 Å². The van der Waals surface area contributed by atoms with Gasteiger partial charge in [0.25, 0.3) is 0 Å². The molecule has 1 aromatic rings. The van der Waals surface area contributed by atoms with Crippen LogP contribution in [0.2, 0.25) is 0 Å². The molecule has 6 heteroatoms. The van der Waals surface area contributed by atoms with Crippen molar-refractivity contribution < 1.29 is 13.2 Å². The lowest BCUT2D eigenvalue weighted by atomic mass is 10.3. The first-order chi connectivity index (χ1) is 7.45. The zero-order valence-electron chi connectivity index (χ0n) is 9.15. The quantitative estimate of drug-likeness (QED) is 0.810. The summed E-state index contributed by atoms with van der Waals surface area (Å²) < 4.78 is 23.2. The molecule has 0 heterocycles. The summed E-state index contributed by atoms with van der Waals surface area (Å²) in [5.41, 5.74) is 0.580. The van der Waals surface area contributed by atoms with Gasteiger partial charge in [-0.25, -0.2) is 8.42 Å². The molecule has 0 radical (unpaired) electrons. The van der Waals surface area contributed by atoms with Crippen molar-refractivity contribution in [3.8, 4) is 0 Å². The van der Waals surface area contributed by atoms with E-state index in [0.29, 0.717) is 5.69 Å². The predicted octanol–water partition coefficient (Wildman–Crippen LogP) is 0.596. The molecule has 1 amide bonds. The molecule has 0 aliphatic heterocycles. The first-order valence-electron chi connectivity index (χ1n) is 4.71. The molecular weight excluding hydrogens is 228 g/mol. The monoisotopic (exact) mass is 242 g/mol. The first-order valence-corrected chi connectivity index (χ1v) is 6.36. The lowest BCUT2D eigenvalue weighted by Crippen LogP contribution is -2.19. The van der Waals surface area contributed by atoms with Crippen LogP contribution in [-0.4, -0.2) is 27.2 Å². The van der Waals surface area contributed by atoms with Gasteiger partial charge in [0.2, 0.25) is 5.91 Å². The van der Waals surface area contributed by atoms with Crippen molar-refractivity contribution in [1.82, 2.24) is 5.32 Å². The maximum absolute atomic E-state index is 11.6. The lowest BCUT2D eigenvalue weighted by molar-refractivity contribution is -0.114. The molecule has 0 fully saturated rings. The van der Waals surface area contributed by atoms with Crippen molar-refractivity contribution in [3.05, 3.63) is 24.3 Å². The number of carbonyl (C=O) groups is 1. The number of carbonyl (C=O) groups excluding carboxylic acids is 1. The smallest absolute Gasteiger partial charge is 0.221 e. The maximum Gasteiger partial charge on any atom is 0.221 e. The molecule has 0 aliphatic carbocycles. The number of nitrogens with one attached hydrogen (secondary N) is 2. The van der Waals surface area contributed by atoms with Crippen LogP contribution in [0.5, 0.6) is 0 Å². The molecule has 0 aromatic heterocycles. The second kappa shape index (κ2) is 5.09. The van der Waals surface area contributed by atoms with E-state index in [1.54, 1.807) is 19.2 Å². The molecule has 1 rings (SSSR count). The fourth-order valence-electron chi connectivity index (χ4n) is 1.22. The van der Waals surface area contributed by atoms with Crippen LogP contribution in [-0.2, 0) is 14.6 Å². The number of amides is 1. The highest BCUT2D eigenvalue weighted by Crippen LogP contribution is 2.14. The average Bonchev–Trinajstić information content (AvgIpc) is 2.17. The number of hydrogen-bond acceptors (Lipinski definition) is 4. The zero-order chi connectivity index (χ0) is 12.2. The normalized spacial score (nSPS) is 11.1. The number of benzene rings is 1. The SMILES string of the molecule is CNCS(=O)(=O)c1ccc(NC(C)=O)cc1. The Labute approximate surface area is 94.8 Å². The van der Waals surface area contributed by atoms with Crippen molar-refractivity contribution in [1.29, 1.82) is 0 Å². The van der Waals surface area contributed by atoms with Crippen LogP contribution in [0.4, 0.5) is 5.69 Å². The topological polar surface area (TPSA) is 75.3 Å². The molecule has 1 aromatic carbocycles. The molecule has 5 nitrogen and oxygen atoms in total. The number of anilines is 1. The van der Waals surface area contributed by atoms with E-state index in [4.69, 9.17) is 0 Å². The third-order valence-electron chi connectivity index (χ3n) is 1.87. The Kier molecular flexibility index (Phi) is 4.03. The van der Waals surface area contributed by atoms with Gasteiger partial charge in [-0.05, 0) is 31.3 Å². The largest absolute Gasteiger partial charge is 0.326 e. The minimum atomic E-state index is -3.28. The predicted molar refractivity (Wildman–Crippen MR) is 61.9 cm³/mol. The molecule has 0 atom stereocenters. The summed E-state index contributed by atoms with van der Waals surface area (Å²) in [6, 6.07) is 6.06. The van der Waals surface area contributed by atoms with Gasteiger partial charge in [-0.1, -0.05) is 0 Å². The molecular formula is C10H14N2O3S. The van der Waals surface area contributed by atoms with Gasteiger partial charge in [0.1, 0.15) is 5.88 Å². The van der Waals surface area contributed by atoms with E-state index in [9.17, 15) is 13.2 Å². The molecule has 0 spiro atoms. The van der Waals surface area contributed by atoms with E-state index in [1.165, 1.54) is 19.1 Å². The van der Waals surface area contributed by atoms with Gasteiger partial charge in [-0.3, -0.25) is 4.79 Å². The van der Waals surface area contributed by atoms with Crippen LogP contribution >= 0.6 is 0 Å². The van der Waals surface area contributed by atoms with Crippen LogP contribution < -0.4 is 10.6 Å². The second-order valence-electron chi connectivity index (χ2n) is 3.32. The molecule has 0 saturated carbocycles. The lowest BCUT2D eigenvalue weighted by Gasteiger charge is -2.05. The van der Waals surface area contributed by atoms with Gasteiger partial charge >= 0.3 is 0 Å². The molecule has 88 valence electrons. The Morgan fingerprint density at radius 1 is 1.25 bits per heavy atom. The molecule has 0 aliphatic rings. The highest BCUT2D eigenvalue weighted by Gasteiger charge is 2.12. The minimum absolute atomic E-state index is 0.105. The van der Waals surface area contributed by atoms with E-state index >= 15 is 0 Å². The summed E-state index contributed by atoms with van der Waals surface area (Å²) in [4.78, 5) is 11.0. The highest BCUT2D eigenvalue weighted by molar-refractivity contribution is 7.91. The van der Waals surface area contributed by atoms with Crippen LogP contribution in [0, 0.1) is 0 Å². The Balaban J connectivity index is 2.91. The Morgan fingerprint density at radius 3 is 2.25 bits per heavy atom. The highest BCUT2D eigenvalue weighted by atomic mass is 32.2. The van der Waals surface area contributed by atoms with Crippen LogP contribution in [0.3, 0.4) is 0 Å². The summed E-state index contributed by atoms with van der Waals surface area (Å²) in [6.45, 7) is 1.39. The number of hydrogen-bond donors (Lipinski definition) is 2. The second-order valence-corrected chi connectivity index (χ2v) is 5.31. The van der Waals surface area contributed by atoms with E-state index < -0.39 is 9.84 Å². The van der Waals surface area contributed by atoms with Crippen molar-refractivity contribution in [3.63, 3.8) is 0 Å². The van der Waals surface area contributed by atoms with Crippen LogP contribution in [0.15, 0.2) is 29.2 Å².